The number of aliphatic hydroxyl groups is 1. The largest absolute Gasteiger partial charge is 0.380 e. The van der Waals surface area contributed by atoms with Crippen molar-refractivity contribution in [2.24, 2.45) is 5.92 Å². The van der Waals surface area contributed by atoms with Crippen molar-refractivity contribution < 1.29 is 9.90 Å². The third-order valence-corrected chi connectivity index (χ3v) is 6.47. The van der Waals surface area contributed by atoms with E-state index in [0.717, 1.165) is 62.9 Å². The second-order valence-corrected chi connectivity index (χ2v) is 8.71. The molecule has 1 amide bonds. The molecule has 0 radical (unpaired) electrons. The molecule has 2 aromatic rings. The van der Waals surface area contributed by atoms with Gasteiger partial charge in [0, 0.05) is 20.5 Å². The molecule has 0 aromatic heterocycles. The van der Waals surface area contributed by atoms with Crippen LogP contribution in [0.25, 0.3) is 0 Å². The monoisotopic (exact) mass is 408 g/mol. The maximum absolute atomic E-state index is 12.0. The molecular formula is C26H36N2O2. The number of carbonyl (C=O) groups excluding carboxylic acids is 1. The van der Waals surface area contributed by atoms with E-state index in [1.54, 1.807) is 4.90 Å². The summed E-state index contributed by atoms with van der Waals surface area (Å²) in [5, 5.41) is 12.0. The first-order valence-electron chi connectivity index (χ1n) is 11.3. The third kappa shape index (κ3) is 5.50. The highest BCUT2D eigenvalue weighted by Crippen LogP contribution is 2.41. The zero-order valence-corrected chi connectivity index (χ0v) is 18.5. The lowest BCUT2D eigenvalue weighted by atomic mass is 9.72. The van der Waals surface area contributed by atoms with Crippen LogP contribution in [0, 0.1) is 5.92 Å². The first-order chi connectivity index (χ1) is 14.5. The zero-order chi connectivity index (χ0) is 21.4. The van der Waals surface area contributed by atoms with E-state index in [2.05, 4.69) is 4.90 Å². The fourth-order valence-electron chi connectivity index (χ4n) is 4.61. The predicted molar refractivity (Wildman–Crippen MR) is 122 cm³/mol. The minimum absolute atomic E-state index is 0.205. The molecule has 1 N–H and O–H groups in total. The Kier molecular flexibility index (Phi) is 8.06. The summed E-state index contributed by atoms with van der Waals surface area (Å²) in [4.78, 5) is 15.9. The van der Waals surface area contributed by atoms with Crippen molar-refractivity contribution in [3.05, 3.63) is 71.8 Å². The molecule has 0 saturated carbocycles. The lowest BCUT2D eigenvalue weighted by Crippen LogP contribution is -2.44. The van der Waals surface area contributed by atoms with Crippen LogP contribution in [-0.4, -0.2) is 54.5 Å². The minimum Gasteiger partial charge on any atom is -0.380 e. The highest BCUT2D eigenvalue weighted by molar-refractivity contribution is 5.75. The van der Waals surface area contributed by atoms with Crippen LogP contribution in [0.2, 0.25) is 0 Å². The molecule has 0 spiro atoms. The smallest absolute Gasteiger partial charge is 0.222 e. The molecule has 162 valence electrons. The topological polar surface area (TPSA) is 43.8 Å². The number of hydrogen-bond donors (Lipinski definition) is 1. The summed E-state index contributed by atoms with van der Waals surface area (Å²) < 4.78 is 0. The molecule has 3 rings (SSSR count). The third-order valence-electron chi connectivity index (χ3n) is 6.47. The van der Waals surface area contributed by atoms with Gasteiger partial charge in [0.05, 0.1) is 0 Å². The van der Waals surface area contributed by atoms with Crippen molar-refractivity contribution in [1.29, 1.82) is 0 Å². The van der Waals surface area contributed by atoms with Gasteiger partial charge in [0.25, 0.3) is 0 Å². The molecule has 0 bridgehead atoms. The predicted octanol–water partition coefficient (Wildman–Crippen LogP) is 4.28. The number of unbranched alkanes of at least 4 members (excludes halogenated alkanes) is 2. The summed E-state index contributed by atoms with van der Waals surface area (Å²) in [5.74, 6) is 0.424. The molecule has 0 unspecified atom stereocenters. The normalized spacial score (nSPS) is 15.8. The van der Waals surface area contributed by atoms with Crippen LogP contribution in [0.15, 0.2) is 60.7 Å². The summed E-state index contributed by atoms with van der Waals surface area (Å²) in [7, 11) is 3.64. The second-order valence-electron chi connectivity index (χ2n) is 8.71. The molecule has 1 aliphatic heterocycles. The van der Waals surface area contributed by atoms with Crippen LogP contribution in [-0.2, 0) is 10.4 Å². The number of likely N-dealkylation sites (tertiary alicyclic amines) is 1. The number of nitrogens with zero attached hydrogens (tertiary/aromatic N) is 2. The number of hydrogen-bond acceptors (Lipinski definition) is 3. The highest BCUT2D eigenvalue weighted by atomic mass is 16.3. The molecule has 1 fully saturated rings. The van der Waals surface area contributed by atoms with E-state index in [1.807, 2.05) is 74.8 Å². The van der Waals surface area contributed by atoms with Crippen molar-refractivity contribution in [2.45, 2.75) is 44.1 Å². The van der Waals surface area contributed by atoms with E-state index >= 15 is 0 Å². The van der Waals surface area contributed by atoms with E-state index in [9.17, 15) is 9.90 Å². The summed E-state index contributed by atoms with van der Waals surface area (Å²) >= 11 is 0. The highest BCUT2D eigenvalue weighted by Gasteiger charge is 2.41. The molecule has 4 heteroatoms. The van der Waals surface area contributed by atoms with Crippen molar-refractivity contribution in [3.63, 3.8) is 0 Å². The summed E-state index contributed by atoms with van der Waals surface area (Å²) in [6, 6.07) is 20.3. The Bertz CT molecular complexity index is 729. The lowest BCUT2D eigenvalue weighted by Gasteiger charge is -2.42. The molecule has 1 heterocycles. The Hall–Kier alpha value is -2.17. The lowest BCUT2D eigenvalue weighted by molar-refractivity contribution is -0.128. The molecule has 4 nitrogen and oxygen atoms in total. The molecule has 1 aliphatic rings. The van der Waals surface area contributed by atoms with Crippen molar-refractivity contribution in [1.82, 2.24) is 9.80 Å². The van der Waals surface area contributed by atoms with Crippen LogP contribution in [0.5, 0.6) is 0 Å². The SMILES string of the molecule is CN(C)C(=O)CCCCCN1CCC(C(O)(c2ccccc2)c2ccccc2)CC1. The average Bonchev–Trinajstić information content (AvgIpc) is 2.79. The molecule has 0 aliphatic carbocycles. The standard InChI is InChI=1S/C26H36N2O2/c1-27(2)25(29)16-10-5-11-19-28-20-17-24(18-21-28)26(30,22-12-6-3-7-13-22)23-14-8-4-9-15-23/h3-4,6-9,12-15,24,30H,5,10-11,16-21H2,1-2H3. The van der Waals surface area contributed by atoms with E-state index in [4.69, 9.17) is 0 Å². The van der Waals surface area contributed by atoms with Crippen LogP contribution in [0.1, 0.15) is 49.7 Å². The van der Waals surface area contributed by atoms with Crippen molar-refractivity contribution in [3.8, 4) is 0 Å². The number of piperidine rings is 1. The van der Waals surface area contributed by atoms with Crippen molar-refractivity contribution >= 4 is 5.91 Å². The van der Waals surface area contributed by atoms with Gasteiger partial charge in [0.15, 0.2) is 0 Å². The Morgan fingerprint density at radius 1 is 0.933 bits per heavy atom. The first kappa shape index (κ1) is 22.5. The van der Waals surface area contributed by atoms with Gasteiger partial charge in [0.1, 0.15) is 5.60 Å². The minimum atomic E-state index is -0.943. The van der Waals surface area contributed by atoms with Gasteiger partial charge in [-0.05, 0) is 62.4 Å². The van der Waals surface area contributed by atoms with E-state index in [-0.39, 0.29) is 11.8 Å². The van der Waals surface area contributed by atoms with Gasteiger partial charge in [-0.15, -0.1) is 0 Å². The quantitative estimate of drug-likeness (QED) is 0.630. The molecular weight excluding hydrogens is 372 g/mol. The van der Waals surface area contributed by atoms with E-state index < -0.39 is 5.60 Å². The molecule has 30 heavy (non-hydrogen) atoms. The van der Waals surface area contributed by atoms with Crippen LogP contribution in [0.3, 0.4) is 0 Å². The zero-order valence-electron chi connectivity index (χ0n) is 18.5. The van der Waals surface area contributed by atoms with Gasteiger partial charge in [-0.25, -0.2) is 0 Å². The van der Waals surface area contributed by atoms with E-state index in [0.29, 0.717) is 6.42 Å². The Morgan fingerprint density at radius 3 is 1.97 bits per heavy atom. The van der Waals surface area contributed by atoms with Crippen LogP contribution < -0.4 is 0 Å². The fraction of sp³-hybridized carbons (Fsp3) is 0.500. The van der Waals surface area contributed by atoms with Gasteiger partial charge in [-0.2, -0.15) is 0 Å². The Labute approximate surface area is 181 Å². The van der Waals surface area contributed by atoms with Gasteiger partial charge < -0.3 is 14.9 Å². The van der Waals surface area contributed by atoms with Crippen molar-refractivity contribution in [2.75, 3.05) is 33.7 Å². The van der Waals surface area contributed by atoms with Gasteiger partial charge in [0.2, 0.25) is 5.91 Å². The van der Waals surface area contributed by atoms with Crippen LogP contribution >= 0.6 is 0 Å². The maximum atomic E-state index is 12.0. The summed E-state index contributed by atoms with van der Waals surface area (Å²) in [5.41, 5.74) is 1.03. The maximum Gasteiger partial charge on any atom is 0.222 e. The van der Waals surface area contributed by atoms with Gasteiger partial charge in [-0.3, -0.25) is 4.79 Å². The summed E-state index contributed by atoms with van der Waals surface area (Å²) in [6.45, 7) is 3.12. The average molecular weight is 409 g/mol. The van der Waals surface area contributed by atoms with Gasteiger partial charge in [-0.1, -0.05) is 67.1 Å². The molecule has 0 atom stereocenters. The number of amides is 1. The van der Waals surface area contributed by atoms with Crippen LogP contribution in [0.4, 0.5) is 0 Å². The summed E-state index contributed by atoms with van der Waals surface area (Å²) in [6.07, 6.45) is 5.81. The first-order valence-corrected chi connectivity index (χ1v) is 11.3. The van der Waals surface area contributed by atoms with E-state index in [1.165, 1.54) is 0 Å². The number of rotatable bonds is 9. The molecule has 1 saturated heterocycles. The fourth-order valence-corrected chi connectivity index (χ4v) is 4.61. The Morgan fingerprint density at radius 2 is 1.47 bits per heavy atom. The second kappa shape index (κ2) is 10.7. The number of carbonyl (C=O) groups is 1. The molecule has 2 aromatic carbocycles. The Balaban J connectivity index is 1.55. The van der Waals surface area contributed by atoms with Gasteiger partial charge >= 0.3 is 0 Å². The number of benzene rings is 2.